The zero-order valence-corrected chi connectivity index (χ0v) is 13.8. The van der Waals surface area contributed by atoms with Crippen LogP contribution in [0.3, 0.4) is 0 Å². The quantitative estimate of drug-likeness (QED) is 0.483. The number of aliphatic hydroxyl groups is 1. The van der Waals surface area contributed by atoms with Crippen molar-refractivity contribution in [1.82, 2.24) is 0 Å². The Morgan fingerprint density at radius 2 is 2.19 bits per heavy atom. The van der Waals surface area contributed by atoms with Crippen LogP contribution in [0.25, 0.3) is 0 Å². The second-order valence-electron chi connectivity index (χ2n) is 7.15. The lowest BCUT2D eigenvalue weighted by atomic mass is 9.80. The number of allylic oxidation sites excluding steroid dienone is 1. The number of esters is 1. The van der Waals surface area contributed by atoms with Crippen molar-refractivity contribution in [3.05, 3.63) is 11.6 Å². The van der Waals surface area contributed by atoms with Gasteiger partial charge in [0.15, 0.2) is 0 Å². The van der Waals surface area contributed by atoms with Crippen molar-refractivity contribution in [3.63, 3.8) is 0 Å². The Morgan fingerprint density at radius 3 is 2.76 bits per heavy atom. The molecular weight excluding hydrogens is 268 g/mol. The van der Waals surface area contributed by atoms with E-state index >= 15 is 0 Å². The molecule has 0 unspecified atom stereocenters. The summed E-state index contributed by atoms with van der Waals surface area (Å²) in [4.78, 5) is 11.3. The average Bonchev–Trinajstić information content (AvgIpc) is 2.98. The maximum atomic E-state index is 11.3. The highest BCUT2D eigenvalue weighted by Crippen LogP contribution is 2.46. The van der Waals surface area contributed by atoms with E-state index < -0.39 is 6.10 Å². The Balaban J connectivity index is 2.21. The molecule has 0 aromatic heterocycles. The van der Waals surface area contributed by atoms with Crippen LogP contribution in [0, 0.1) is 11.8 Å². The van der Waals surface area contributed by atoms with Crippen molar-refractivity contribution in [3.8, 4) is 0 Å². The summed E-state index contributed by atoms with van der Waals surface area (Å²) >= 11 is 0. The van der Waals surface area contributed by atoms with Crippen molar-refractivity contribution >= 4 is 5.97 Å². The van der Waals surface area contributed by atoms with Crippen molar-refractivity contribution in [1.29, 1.82) is 0 Å². The highest BCUT2D eigenvalue weighted by atomic mass is 16.6. The highest BCUT2D eigenvalue weighted by molar-refractivity contribution is 5.66. The number of fused-ring (bicyclic) bond motifs is 1. The lowest BCUT2D eigenvalue weighted by Crippen LogP contribution is -2.35. The van der Waals surface area contributed by atoms with Crippen LogP contribution < -0.4 is 0 Å². The molecule has 4 nitrogen and oxygen atoms in total. The summed E-state index contributed by atoms with van der Waals surface area (Å²) in [6.45, 7) is 9.80. The number of hydrogen-bond acceptors (Lipinski definition) is 4. The summed E-state index contributed by atoms with van der Waals surface area (Å²) in [6, 6.07) is 0. The van der Waals surface area contributed by atoms with E-state index in [2.05, 4.69) is 20.8 Å². The summed E-state index contributed by atoms with van der Waals surface area (Å²) in [5.74, 6) is 0.387. The van der Waals surface area contributed by atoms with E-state index in [4.69, 9.17) is 9.47 Å². The summed E-state index contributed by atoms with van der Waals surface area (Å²) in [7, 11) is 0. The Bertz CT molecular complexity index is 429. The maximum Gasteiger partial charge on any atom is 0.303 e. The van der Waals surface area contributed by atoms with Crippen LogP contribution in [-0.2, 0) is 14.3 Å². The van der Waals surface area contributed by atoms with Gasteiger partial charge in [-0.15, -0.1) is 0 Å². The van der Waals surface area contributed by atoms with E-state index in [1.165, 1.54) is 12.5 Å². The molecule has 0 saturated carbocycles. The Hall–Kier alpha value is -0.870. The molecule has 2 aliphatic rings. The topological polar surface area (TPSA) is 59.1 Å². The summed E-state index contributed by atoms with van der Waals surface area (Å²) < 4.78 is 11.2. The fourth-order valence-electron chi connectivity index (χ4n) is 3.52. The summed E-state index contributed by atoms with van der Waals surface area (Å²) in [5.41, 5.74) is 0.822. The van der Waals surface area contributed by atoms with E-state index in [-0.39, 0.29) is 29.7 Å². The van der Waals surface area contributed by atoms with Crippen LogP contribution in [0.1, 0.15) is 53.9 Å². The first-order valence-electron chi connectivity index (χ1n) is 7.93. The van der Waals surface area contributed by atoms with Gasteiger partial charge in [0, 0.05) is 13.3 Å². The fraction of sp³-hybridized carbons (Fsp3) is 0.824. The third-order valence-corrected chi connectivity index (χ3v) is 4.81. The molecule has 2 rings (SSSR count). The van der Waals surface area contributed by atoms with E-state index in [0.29, 0.717) is 12.3 Å². The zero-order valence-electron chi connectivity index (χ0n) is 13.8. The number of hydrogen-bond donors (Lipinski definition) is 1. The standard InChI is InChI=1S/C17H28O4/c1-10(2)14-7-6-11(3)8-13(20-12(4)18)9-17(5)16(21-17)15(14)19/h8,10,13-16,19H,6-7,9H2,1-5H3/b11-8+/t13-,14-,15+,16+,17-/m0/s1. The molecule has 120 valence electrons. The van der Waals surface area contributed by atoms with E-state index in [1.54, 1.807) is 0 Å². The maximum absolute atomic E-state index is 11.3. The minimum Gasteiger partial charge on any atom is -0.458 e. The average molecular weight is 296 g/mol. The van der Waals surface area contributed by atoms with Gasteiger partial charge < -0.3 is 14.6 Å². The molecule has 0 aromatic rings. The summed E-state index contributed by atoms with van der Waals surface area (Å²) in [5, 5.41) is 10.6. The highest BCUT2D eigenvalue weighted by Gasteiger charge is 2.58. The molecule has 0 amide bonds. The van der Waals surface area contributed by atoms with Crippen molar-refractivity contribution in [2.45, 2.75) is 77.8 Å². The fourth-order valence-corrected chi connectivity index (χ4v) is 3.52. The van der Waals surface area contributed by atoms with Crippen LogP contribution in [0.15, 0.2) is 11.6 Å². The van der Waals surface area contributed by atoms with Gasteiger partial charge in [-0.25, -0.2) is 0 Å². The molecule has 0 spiro atoms. The van der Waals surface area contributed by atoms with Crippen LogP contribution in [-0.4, -0.2) is 35.0 Å². The van der Waals surface area contributed by atoms with Crippen LogP contribution in [0.5, 0.6) is 0 Å². The molecule has 1 fully saturated rings. The number of aliphatic hydroxyl groups excluding tert-OH is 1. The Labute approximate surface area is 127 Å². The number of rotatable bonds is 2. The van der Waals surface area contributed by atoms with Gasteiger partial charge in [-0.05, 0) is 44.6 Å². The van der Waals surface area contributed by atoms with Gasteiger partial charge in [0.05, 0.1) is 11.7 Å². The first-order valence-corrected chi connectivity index (χ1v) is 7.93. The lowest BCUT2D eigenvalue weighted by molar-refractivity contribution is -0.144. The van der Waals surface area contributed by atoms with Gasteiger partial charge in [0.25, 0.3) is 0 Å². The van der Waals surface area contributed by atoms with Crippen molar-refractivity contribution in [2.75, 3.05) is 0 Å². The van der Waals surface area contributed by atoms with Crippen LogP contribution in [0.4, 0.5) is 0 Å². The summed E-state index contributed by atoms with van der Waals surface area (Å²) in [6.07, 6.45) is 3.65. The molecule has 1 saturated heterocycles. The first-order chi connectivity index (χ1) is 9.73. The lowest BCUT2D eigenvalue weighted by Gasteiger charge is -2.28. The predicted molar refractivity (Wildman–Crippen MR) is 80.8 cm³/mol. The molecule has 0 radical (unpaired) electrons. The van der Waals surface area contributed by atoms with Gasteiger partial charge in [-0.3, -0.25) is 4.79 Å². The molecule has 5 atom stereocenters. The SMILES string of the molecule is CC(=O)O[C@H]1/C=C(\C)CC[C@@H](C(C)C)[C@@H](O)[C@H]2O[C@@]2(C)C1. The number of carbonyl (C=O) groups excluding carboxylic acids is 1. The van der Waals surface area contributed by atoms with Crippen molar-refractivity contribution in [2.24, 2.45) is 11.8 Å². The normalized spacial score (nSPS) is 42.7. The van der Waals surface area contributed by atoms with Gasteiger partial charge in [-0.2, -0.15) is 0 Å². The zero-order chi connectivity index (χ0) is 15.8. The molecule has 0 aromatic carbocycles. The molecule has 1 N–H and O–H groups in total. The smallest absolute Gasteiger partial charge is 0.303 e. The van der Waals surface area contributed by atoms with Crippen LogP contribution >= 0.6 is 0 Å². The second kappa shape index (κ2) is 6.09. The number of epoxide rings is 1. The molecule has 21 heavy (non-hydrogen) atoms. The molecule has 0 bridgehead atoms. The molecule has 1 heterocycles. The minimum absolute atomic E-state index is 0.144. The monoisotopic (exact) mass is 296 g/mol. The number of ether oxygens (including phenoxy) is 2. The van der Waals surface area contributed by atoms with E-state index in [0.717, 1.165) is 12.8 Å². The largest absolute Gasteiger partial charge is 0.458 e. The molecular formula is C17H28O4. The third-order valence-electron chi connectivity index (χ3n) is 4.81. The first kappa shape index (κ1) is 16.5. The van der Waals surface area contributed by atoms with E-state index in [9.17, 15) is 9.90 Å². The van der Waals surface area contributed by atoms with Gasteiger partial charge in [-0.1, -0.05) is 19.4 Å². The van der Waals surface area contributed by atoms with Gasteiger partial charge in [0.1, 0.15) is 12.2 Å². The van der Waals surface area contributed by atoms with Crippen molar-refractivity contribution < 1.29 is 19.4 Å². The number of carbonyl (C=O) groups is 1. The Morgan fingerprint density at radius 1 is 1.52 bits per heavy atom. The van der Waals surface area contributed by atoms with Gasteiger partial charge in [0.2, 0.25) is 0 Å². The minimum atomic E-state index is -0.445. The predicted octanol–water partition coefficient (Wildman–Crippen LogP) is 2.84. The molecule has 1 aliphatic carbocycles. The molecule has 4 heteroatoms. The van der Waals surface area contributed by atoms with E-state index in [1.807, 2.05) is 13.0 Å². The second-order valence-corrected chi connectivity index (χ2v) is 7.15. The Kier molecular flexibility index (Phi) is 4.79. The third kappa shape index (κ3) is 3.86. The van der Waals surface area contributed by atoms with Gasteiger partial charge >= 0.3 is 5.97 Å². The van der Waals surface area contributed by atoms with Crippen LogP contribution in [0.2, 0.25) is 0 Å². The molecule has 1 aliphatic heterocycles.